The van der Waals surface area contributed by atoms with Crippen molar-refractivity contribution in [3.05, 3.63) is 75.8 Å². The fraction of sp³-hybridized carbons (Fsp3) is 0.200. The van der Waals surface area contributed by atoms with Crippen molar-refractivity contribution in [3.63, 3.8) is 0 Å². The van der Waals surface area contributed by atoms with Crippen LogP contribution in [0.2, 0.25) is 5.02 Å². The third-order valence-electron chi connectivity index (χ3n) is 4.43. The number of benzene rings is 2. The van der Waals surface area contributed by atoms with Crippen LogP contribution < -0.4 is 4.90 Å². The molecule has 9 heteroatoms. The number of carbonyl (C=O) groups is 2. The normalized spacial score (nSPS) is 18.9. The Kier molecular flexibility index (Phi) is 5.84. The average molecular weight is 446 g/mol. The maximum absolute atomic E-state index is 13.0. The summed E-state index contributed by atoms with van der Waals surface area (Å²) in [4.78, 5) is 25.8. The Morgan fingerprint density at radius 1 is 1.10 bits per heavy atom. The lowest BCUT2D eigenvalue weighted by Crippen LogP contribution is -2.31. The molecule has 148 valence electrons. The van der Waals surface area contributed by atoms with Crippen LogP contribution in [0.5, 0.6) is 0 Å². The number of carboxylic acid groups (broad SMARTS) is 1. The lowest BCUT2D eigenvalue weighted by molar-refractivity contribution is -0.138. The number of amides is 1. The highest BCUT2D eigenvalue weighted by atomic mass is 35.5. The Bertz CT molecular complexity index is 1040. The molecule has 29 heavy (non-hydrogen) atoms. The van der Waals surface area contributed by atoms with Crippen LogP contribution in [-0.2, 0) is 16.0 Å². The molecule has 0 radical (unpaired) electrons. The number of aromatic nitrogens is 2. The van der Waals surface area contributed by atoms with Crippen molar-refractivity contribution in [3.8, 4) is 0 Å². The summed E-state index contributed by atoms with van der Waals surface area (Å²) < 4.78 is 0. The van der Waals surface area contributed by atoms with E-state index in [0.717, 1.165) is 16.1 Å². The third kappa shape index (κ3) is 4.29. The molecule has 1 saturated heterocycles. The Morgan fingerprint density at radius 3 is 2.55 bits per heavy atom. The molecule has 0 spiro atoms. The zero-order valence-corrected chi connectivity index (χ0v) is 17.5. The van der Waals surface area contributed by atoms with Crippen LogP contribution in [-0.4, -0.2) is 32.4 Å². The summed E-state index contributed by atoms with van der Waals surface area (Å²) >= 11 is 8.98. The minimum atomic E-state index is -1.02. The van der Waals surface area contributed by atoms with Gasteiger partial charge in [-0.1, -0.05) is 71.5 Å². The molecule has 0 saturated carbocycles. The highest BCUT2D eigenvalue weighted by molar-refractivity contribution is 8.01. The minimum absolute atomic E-state index is 0.253. The van der Waals surface area contributed by atoms with Gasteiger partial charge in [-0.3, -0.25) is 14.5 Å². The number of carbonyl (C=O) groups excluding carboxylic acids is 1. The molecule has 6 nitrogen and oxygen atoms in total. The van der Waals surface area contributed by atoms with E-state index in [0.29, 0.717) is 16.6 Å². The van der Waals surface area contributed by atoms with Gasteiger partial charge in [-0.25, -0.2) is 0 Å². The van der Waals surface area contributed by atoms with Crippen LogP contribution in [0.4, 0.5) is 5.13 Å². The summed E-state index contributed by atoms with van der Waals surface area (Å²) in [6.45, 7) is 0. The number of hydrogen-bond acceptors (Lipinski definition) is 6. The van der Waals surface area contributed by atoms with Gasteiger partial charge in [0.1, 0.15) is 10.4 Å². The van der Waals surface area contributed by atoms with Gasteiger partial charge in [-0.2, -0.15) is 0 Å². The fourth-order valence-corrected chi connectivity index (χ4v) is 5.84. The topological polar surface area (TPSA) is 83.4 Å². The third-order valence-corrected chi connectivity index (χ3v) is 7.12. The van der Waals surface area contributed by atoms with E-state index in [-0.39, 0.29) is 12.3 Å². The summed E-state index contributed by atoms with van der Waals surface area (Å²) in [5.41, 5.74) is 1.85. The van der Waals surface area contributed by atoms with Crippen molar-refractivity contribution in [2.24, 2.45) is 0 Å². The number of aliphatic carboxylic acids is 1. The number of halogens is 1. The van der Waals surface area contributed by atoms with Gasteiger partial charge in [0, 0.05) is 17.0 Å². The Morgan fingerprint density at radius 2 is 1.83 bits per heavy atom. The number of rotatable bonds is 6. The van der Waals surface area contributed by atoms with E-state index >= 15 is 0 Å². The number of carboxylic acids is 1. The lowest BCUT2D eigenvalue weighted by Gasteiger charge is -2.21. The zero-order chi connectivity index (χ0) is 20.4. The first-order valence-corrected chi connectivity index (χ1v) is 11.0. The van der Waals surface area contributed by atoms with Crippen molar-refractivity contribution >= 4 is 51.7 Å². The second-order valence-corrected chi connectivity index (χ2v) is 9.18. The molecule has 0 aliphatic carbocycles. The predicted molar refractivity (Wildman–Crippen MR) is 114 cm³/mol. The molecule has 1 N–H and O–H groups in total. The second-order valence-electron chi connectivity index (χ2n) is 6.45. The zero-order valence-electron chi connectivity index (χ0n) is 15.1. The van der Waals surface area contributed by atoms with E-state index in [1.54, 1.807) is 6.07 Å². The Hall–Kier alpha value is -2.42. The summed E-state index contributed by atoms with van der Waals surface area (Å²) in [5, 5.41) is 18.3. The highest BCUT2D eigenvalue weighted by Gasteiger charge is 2.45. The van der Waals surface area contributed by atoms with E-state index in [1.165, 1.54) is 28.0 Å². The molecular formula is C20H16ClN3O3S2. The number of hydrogen-bond donors (Lipinski definition) is 1. The van der Waals surface area contributed by atoms with Crippen molar-refractivity contribution < 1.29 is 14.7 Å². The first-order valence-electron chi connectivity index (χ1n) is 8.84. The second kappa shape index (κ2) is 8.52. The van der Waals surface area contributed by atoms with Gasteiger partial charge in [0.05, 0.1) is 11.7 Å². The van der Waals surface area contributed by atoms with Gasteiger partial charge in [-0.15, -0.1) is 22.0 Å². The van der Waals surface area contributed by atoms with Crippen LogP contribution in [0.25, 0.3) is 0 Å². The molecule has 2 atom stereocenters. The van der Waals surface area contributed by atoms with Crippen LogP contribution >= 0.6 is 34.7 Å². The van der Waals surface area contributed by atoms with Crippen molar-refractivity contribution in [2.75, 3.05) is 4.90 Å². The molecule has 1 aromatic heterocycles. The number of thioether (sulfide) groups is 1. The number of anilines is 1. The van der Waals surface area contributed by atoms with Crippen LogP contribution in [0.1, 0.15) is 27.9 Å². The van der Waals surface area contributed by atoms with Gasteiger partial charge in [0.2, 0.25) is 11.0 Å². The smallest absolute Gasteiger partial charge is 0.305 e. The first kappa shape index (κ1) is 19.9. The van der Waals surface area contributed by atoms with Crippen molar-refractivity contribution in [1.29, 1.82) is 0 Å². The molecule has 1 aliphatic rings. The van der Waals surface area contributed by atoms with E-state index in [9.17, 15) is 14.7 Å². The van der Waals surface area contributed by atoms with Crippen LogP contribution in [0.15, 0.2) is 54.6 Å². The average Bonchev–Trinajstić information content (AvgIpc) is 3.27. The molecule has 1 aliphatic heterocycles. The van der Waals surface area contributed by atoms with Gasteiger partial charge >= 0.3 is 5.97 Å². The quantitative estimate of drug-likeness (QED) is 0.605. The maximum Gasteiger partial charge on any atom is 0.305 e. The van der Waals surface area contributed by atoms with Gasteiger partial charge in [0.15, 0.2) is 0 Å². The SMILES string of the molecule is O=C(O)CC1SC(c2ccccc2Cl)N(c2nnc(Cc3ccccc3)s2)C1=O. The standard InChI is InChI=1S/C20H16ClN3O3S2/c21-14-9-5-4-8-13(14)19-24(18(27)15(28-19)11-17(25)26)20-23-22-16(29-20)10-12-6-2-1-3-7-12/h1-9,15,19H,10-11H2,(H,25,26). The largest absolute Gasteiger partial charge is 0.481 e. The van der Waals surface area contributed by atoms with E-state index in [4.69, 9.17) is 11.6 Å². The molecule has 2 unspecified atom stereocenters. The summed E-state index contributed by atoms with van der Waals surface area (Å²) in [5.74, 6) is -1.30. The first-order chi connectivity index (χ1) is 14.0. The van der Waals surface area contributed by atoms with Crippen molar-refractivity contribution in [2.45, 2.75) is 23.5 Å². The summed E-state index contributed by atoms with van der Waals surface area (Å²) in [7, 11) is 0. The molecule has 1 fully saturated rings. The van der Waals surface area contributed by atoms with Gasteiger partial charge < -0.3 is 5.11 Å². The molecule has 0 bridgehead atoms. The van der Waals surface area contributed by atoms with E-state index < -0.39 is 16.6 Å². The molecular weight excluding hydrogens is 430 g/mol. The predicted octanol–water partition coefficient (Wildman–Crippen LogP) is 4.40. The maximum atomic E-state index is 13.0. The molecule has 3 aromatic rings. The Labute approximate surface area is 180 Å². The monoisotopic (exact) mass is 445 g/mol. The lowest BCUT2D eigenvalue weighted by atomic mass is 10.2. The van der Waals surface area contributed by atoms with Crippen molar-refractivity contribution in [1.82, 2.24) is 10.2 Å². The molecule has 2 heterocycles. The van der Waals surface area contributed by atoms with E-state index in [2.05, 4.69) is 10.2 Å². The Balaban J connectivity index is 1.66. The minimum Gasteiger partial charge on any atom is -0.481 e. The van der Waals surface area contributed by atoms with Gasteiger partial charge in [0.25, 0.3) is 0 Å². The molecule has 1 amide bonds. The molecule has 4 rings (SSSR count). The molecule has 2 aromatic carbocycles. The van der Waals surface area contributed by atoms with E-state index in [1.807, 2.05) is 48.5 Å². The summed E-state index contributed by atoms with van der Waals surface area (Å²) in [6, 6.07) is 17.1. The fourth-order valence-electron chi connectivity index (χ4n) is 3.11. The van der Waals surface area contributed by atoms with Gasteiger partial charge in [-0.05, 0) is 11.6 Å². The highest BCUT2D eigenvalue weighted by Crippen LogP contribution is 2.48. The van der Waals surface area contributed by atoms with Crippen LogP contribution in [0, 0.1) is 0 Å². The summed E-state index contributed by atoms with van der Waals surface area (Å²) in [6.07, 6.45) is 0.361. The van der Waals surface area contributed by atoms with Crippen LogP contribution in [0.3, 0.4) is 0 Å². The number of nitrogens with zero attached hydrogens (tertiary/aromatic N) is 3.